The zero-order chi connectivity index (χ0) is 21.3. The molecular formula is C24H27N3O3. The van der Waals surface area contributed by atoms with E-state index in [-0.39, 0.29) is 17.6 Å². The van der Waals surface area contributed by atoms with Crippen LogP contribution in [0.4, 0.5) is 11.4 Å². The van der Waals surface area contributed by atoms with Crippen molar-refractivity contribution in [3.63, 3.8) is 0 Å². The number of carbonyl (C=O) groups excluding carboxylic acids is 3. The molecule has 0 bridgehead atoms. The normalized spacial score (nSPS) is 15.9. The van der Waals surface area contributed by atoms with Crippen LogP contribution in [0, 0.1) is 0 Å². The molecule has 0 aromatic heterocycles. The Hall–Kier alpha value is -3.15. The van der Waals surface area contributed by atoms with Crippen LogP contribution in [-0.4, -0.2) is 55.2 Å². The van der Waals surface area contributed by atoms with E-state index in [0.717, 1.165) is 36.4 Å². The maximum Gasteiger partial charge on any atom is 0.253 e. The summed E-state index contributed by atoms with van der Waals surface area (Å²) in [5, 5.41) is 0. The van der Waals surface area contributed by atoms with E-state index in [9.17, 15) is 14.4 Å². The zero-order valence-electron chi connectivity index (χ0n) is 17.6. The largest absolute Gasteiger partial charge is 0.368 e. The third kappa shape index (κ3) is 3.82. The van der Waals surface area contributed by atoms with Gasteiger partial charge in [0.1, 0.15) is 0 Å². The van der Waals surface area contributed by atoms with Gasteiger partial charge in [0.2, 0.25) is 5.91 Å². The Morgan fingerprint density at radius 3 is 2.17 bits per heavy atom. The number of nitrogens with zero attached hydrogens (tertiary/aromatic N) is 3. The quantitative estimate of drug-likeness (QED) is 0.733. The van der Waals surface area contributed by atoms with Crippen molar-refractivity contribution in [2.24, 2.45) is 0 Å². The van der Waals surface area contributed by atoms with E-state index < -0.39 is 0 Å². The van der Waals surface area contributed by atoms with Crippen LogP contribution in [0.3, 0.4) is 0 Å². The topological polar surface area (TPSA) is 60.9 Å². The summed E-state index contributed by atoms with van der Waals surface area (Å²) in [5.41, 5.74) is 4.50. The number of carbonyl (C=O) groups is 3. The van der Waals surface area contributed by atoms with Crippen molar-refractivity contribution in [2.75, 3.05) is 42.5 Å². The molecule has 0 aliphatic carbocycles. The number of hydrogen-bond acceptors (Lipinski definition) is 4. The van der Waals surface area contributed by atoms with E-state index in [2.05, 4.69) is 4.90 Å². The molecule has 0 N–H and O–H groups in total. The highest BCUT2D eigenvalue weighted by Gasteiger charge is 2.27. The number of fused-ring (bicyclic) bond motifs is 1. The van der Waals surface area contributed by atoms with Crippen LogP contribution in [0.5, 0.6) is 0 Å². The highest BCUT2D eigenvalue weighted by Crippen LogP contribution is 2.30. The first-order valence-corrected chi connectivity index (χ1v) is 10.6. The molecule has 1 saturated heterocycles. The van der Waals surface area contributed by atoms with Crippen molar-refractivity contribution in [1.29, 1.82) is 0 Å². The predicted molar refractivity (Wildman–Crippen MR) is 117 cm³/mol. The zero-order valence-corrected chi connectivity index (χ0v) is 17.6. The lowest BCUT2D eigenvalue weighted by molar-refractivity contribution is -0.118. The van der Waals surface area contributed by atoms with Crippen molar-refractivity contribution in [3.8, 4) is 0 Å². The van der Waals surface area contributed by atoms with Gasteiger partial charge in [-0.1, -0.05) is 6.92 Å². The number of anilines is 2. The lowest BCUT2D eigenvalue weighted by atomic mass is 10.1. The van der Waals surface area contributed by atoms with Crippen molar-refractivity contribution in [3.05, 3.63) is 59.2 Å². The second-order valence-electron chi connectivity index (χ2n) is 7.87. The Morgan fingerprint density at radius 2 is 1.53 bits per heavy atom. The Morgan fingerprint density at radius 1 is 0.867 bits per heavy atom. The number of hydrogen-bond donors (Lipinski definition) is 0. The summed E-state index contributed by atoms with van der Waals surface area (Å²) in [6, 6.07) is 13.4. The van der Waals surface area contributed by atoms with Gasteiger partial charge < -0.3 is 14.7 Å². The molecule has 1 fully saturated rings. The van der Waals surface area contributed by atoms with E-state index >= 15 is 0 Å². The number of rotatable bonds is 4. The minimum atomic E-state index is 0.0460. The van der Waals surface area contributed by atoms with Gasteiger partial charge in [-0.15, -0.1) is 0 Å². The molecule has 4 rings (SSSR count). The summed E-state index contributed by atoms with van der Waals surface area (Å²) >= 11 is 0. The fourth-order valence-corrected chi connectivity index (χ4v) is 4.24. The van der Waals surface area contributed by atoms with E-state index in [4.69, 9.17) is 0 Å². The summed E-state index contributed by atoms with van der Waals surface area (Å²) in [5.74, 6) is 0.235. The molecule has 2 amide bonds. The maximum absolute atomic E-state index is 13.0. The summed E-state index contributed by atoms with van der Waals surface area (Å²) in [6.45, 7) is 6.97. The van der Waals surface area contributed by atoms with Crippen LogP contribution >= 0.6 is 0 Å². The fourth-order valence-electron chi connectivity index (χ4n) is 4.24. The molecule has 30 heavy (non-hydrogen) atoms. The maximum atomic E-state index is 13.0. The monoisotopic (exact) mass is 405 g/mol. The highest BCUT2D eigenvalue weighted by molar-refractivity contribution is 5.98. The van der Waals surface area contributed by atoms with Crippen molar-refractivity contribution in [1.82, 2.24) is 4.90 Å². The second-order valence-corrected chi connectivity index (χ2v) is 7.87. The van der Waals surface area contributed by atoms with E-state index in [1.165, 1.54) is 0 Å². The first-order valence-electron chi connectivity index (χ1n) is 10.6. The van der Waals surface area contributed by atoms with Gasteiger partial charge in [-0.05, 0) is 61.4 Å². The van der Waals surface area contributed by atoms with Crippen molar-refractivity contribution in [2.45, 2.75) is 26.7 Å². The summed E-state index contributed by atoms with van der Waals surface area (Å²) in [7, 11) is 0. The molecule has 6 heteroatoms. The Labute approximate surface area is 177 Å². The highest BCUT2D eigenvalue weighted by atomic mass is 16.2. The molecule has 0 unspecified atom stereocenters. The van der Waals surface area contributed by atoms with Crippen LogP contribution < -0.4 is 9.80 Å². The smallest absolute Gasteiger partial charge is 0.253 e. The molecule has 156 valence electrons. The molecule has 0 radical (unpaired) electrons. The number of piperazine rings is 1. The van der Waals surface area contributed by atoms with Gasteiger partial charge >= 0.3 is 0 Å². The second kappa shape index (κ2) is 8.30. The third-order valence-corrected chi connectivity index (χ3v) is 6.03. The molecule has 0 atom stereocenters. The van der Waals surface area contributed by atoms with Crippen LogP contribution in [0.2, 0.25) is 0 Å². The lowest BCUT2D eigenvalue weighted by Crippen LogP contribution is -2.48. The summed E-state index contributed by atoms with van der Waals surface area (Å²) in [6.07, 6.45) is 1.29. The van der Waals surface area contributed by atoms with E-state index in [1.54, 1.807) is 6.92 Å². The molecule has 6 nitrogen and oxygen atoms in total. The molecule has 0 saturated carbocycles. The molecule has 0 spiro atoms. The number of Topliss-reactive ketones (excluding diaryl/α,β-unsaturated/α-hetero) is 1. The van der Waals surface area contributed by atoms with Gasteiger partial charge in [0.15, 0.2) is 5.78 Å². The Kier molecular flexibility index (Phi) is 5.57. The van der Waals surface area contributed by atoms with Crippen molar-refractivity contribution >= 4 is 29.0 Å². The Bertz CT molecular complexity index is 976. The molecular weight excluding hydrogens is 378 g/mol. The van der Waals surface area contributed by atoms with Crippen molar-refractivity contribution < 1.29 is 14.4 Å². The standard InChI is InChI=1S/C24H27N3O3/c1-3-23(29)27-11-10-19-16-20(6-9-22(19)27)24(30)26-14-12-25(13-15-26)21-7-4-18(5-8-21)17(2)28/h4-9,16H,3,10-15H2,1-2H3. The molecule has 2 aromatic rings. The first kappa shape index (κ1) is 20.1. The average Bonchev–Trinajstić information content (AvgIpc) is 3.21. The van der Waals surface area contributed by atoms with Gasteiger partial charge in [-0.25, -0.2) is 0 Å². The number of benzene rings is 2. The number of ketones is 1. The van der Waals surface area contributed by atoms with Crippen LogP contribution in [-0.2, 0) is 11.2 Å². The van der Waals surface area contributed by atoms with Gasteiger partial charge in [0.25, 0.3) is 5.91 Å². The minimum absolute atomic E-state index is 0.0460. The average molecular weight is 405 g/mol. The fraction of sp³-hybridized carbons (Fsp3) is 0.375. The number of amides is 2. The Balaban J connectivity index is 1.40. The molecule has 2 heterocycles. The van der Waals surface area contributed by atoms with E-state index in [1.807, 2.05) is 59.2 Å². The summed E-state index contributed by atoms with van der Waals surface area (Å²) in [4.78, 5) is 42.5. The van der Waals surface area contributed by atoms with Gasteiger partial charge in [-0.3, -0.25) is 14.4 Å². The molecule has 2 aliphatic heterocycles. The van der Waals surface area contributed by atoms with Gasteiger partial charge in [0.05, 0.1) is 0 Å². The first-order chi connectivity index (χ1) is 14.5. The van der Waals surface area contributed by atoms with E-state index in [0.29, 0.717) is 37.2 Å². The van der Waals surface area contributed by atoms with Gasteiger partial charge in [0, 0.05) is 61.6 Å². The van der Waals surface area contributed by atoms with Crippen LogP contribution in [0.1, 0.15) is 46.5 Å². The predicted octanol–water partition coefficient (Wildman–Crippen LogP) is 3.15. The molecule has 2 aromatic carbocycles. The summed E-state index contributed by atoms with van der Waals surface area (Å²) < 4.78 is 0. The lowest BCUT2D eigenvalue weighted by Gasteiger charge is -2.36. The van der Waals surface area contributed by atoms with Gasteiger partial charge in [-0.2, -0.15) is 0 Å². The SMILES string of the molecule is CCC(=O)N1CCc2cc(C(=O)N3CCN(c4ccc(C(C)=O)cc4)CC3)ccc21. The molecule has 2 aliphatic rings. The van der Waals surface area contributed by atoms with Crippen LogP contribution in [0.25, 0.3) is 0 Å². The van der Waals surface area contributed by atoms with Crippen LogP contribution in [0.15, 0.2) is 42.5 Å². The third-order valence-electron chi connectivity index (χ3n) is 6.03. The minimum Gasteiger partial charge on any atom is -0.368 e.